The van der Waals surface area contributed by atoms with Gasteiger partial charge in [0.15, 0.2) is 0 Å². The number of piperazine rings is 1. The first kappa shape index (κ1) is 18.5. The zero-order valence-corrected chi connectivity index (χ0v) is 15.2. The second kappa shape index (κ2) is 8.84. The zero-order valence-electron chi connectivity index (χ0n) is 15.2. The van der Waals surface area contributed by atoms with Crippen molar-refractivity contribution in [2.24, 2.45) is 5.92 Å². The average Bonchev–Trinajstić information content (AvgIpc) is 2.59. The molecule has 0 N–H and O–H groups in total. The summed E-state index contributed by atoms with van der Waals surface area (Å²) in [5.41, 5.74) is 2.43. The topological polar surface area (TPSA) is 47.3 Å². The van der Waals surface area contributed by atoms with Gasteiger partial charge in [0.1, 0.15) is 0 Å². The number of rotatable bonds is 6. The molecular formula is C20H29N3O. The predicted octanol–water partition coefficient (Wildman–Crippen LogP) is 3.05. The first-order valence-electron chi connectivity index (χ1n) is 8.98. The average molecular weight is 327 g/mol. The number of nitrogens with zero attached hydrogens (tertiary/aromatic N) is 3. The van der Waals surface area contributed by atoms with Gasteiger partial charge in [-0.1, -0.05) is 38.1 Å². The highest BCUT2D eigenvalue weighted by Crippen LogP contribution is 2.20. The van der Waals surface area contributed by atoms with E-state index in [0.717, 1.165) is 44.7 Å². The summed E-state index contributed by atoms with van der Waals surface area (Å²) < 4.78 is 0. The van der Waals surface area contributed by atoms with Gasteiger partial charge in [-0.05, 0) is 30.4 Å². The summed E-state index contributed by atoms with van der Waals surface area (Å²) in [6, 6.07) is 10.7. The van der Waals surface area contributed by atoms with Crippen LogP contribution >= 0.6 is 0 Å². The van der Waals surface area contributed by atoms with Gasteiger partial charge in [0.25, 0.3) is 0 Å². The van der Waals surface area contributed by atoms with Crippen molar-refractivity contribution in [1.82, 2.24) is 9.80 Å². The third-order valence-corrected chi connectivity index (χ3v) is 4.72. The largest absolute Gasteiger partial charge is 0.340 e. The van der Waals surface area contributed by atoms with Gasteiger partial charge in [-0.3, -0.25) is 9.69 Å². The van der Waals surface area contributed by atoms with Gasteiger partial charge >= 0.3 is 0 Å². The Morgan fingerprint density at radius 3 is 2.29 bits per heavy atom. The van der Waals surface area contributed by atoms with E-state index in [4.69, 9.17) is 5.26 Å². The summed E-state index contributed by atoms with van der Waals surface area (Å²) in [6.45, 7) is 10.5. The van der Waals surface area contributed by atoms with Crippen LogP contribution < -0.4 is 0 Å². The normalized spacial score (nSPS) is 16.9. The highest BCUT2D eigenvalue weighted by Gasteiger charge is 2.25. The molecule has 0 aliphatic carbocycles. The maximum atomic E-state index is 12.7. The molecule has 4 heteroatoms. The number of carbonyl (C=O) groups is 1. The van der Waals surface area contributed by atoms with Gasteiger partial charge < -0.3 is 4.90 Å². The van der Waals surface area contributed by atoms with E-state index < -0.39 is 0 Å². The highest BCUT2D eigenvalue weighted by molar-refractivity contribution is 5.83. The van der Waals surface area contributed by atoms with Crippen LogP contribution in [0.25, 0.3) is 0 Å². The Hall–Kier alpha value is -1.86. The first-order chi connectivity index (χ1) is 11.5. The predicted molar refractivity (Wildman–Crippen MR) is 96.6 cm³/mol. The molecule has 4 nitrogen and oxygen atoms in total. The van der Waals surface area contributed by atoms with Crippen molar-refractivity contribution in [3.63, 3.8) is 0 Å². The van der Waals surface area contributed by atoms with Crippen LogP contribution in [0.1, 0.15) is 44.2 Å². The van der Waals surface area contributed by atoms with Crippen LogP contribution in [-0.4, -0.2) is 48.4 Å². The Balaban J connectivity index is 1.89. The smallest absolute Gasteiger partial charge is 0.229 e. The van der Waals surface area contributed by atoms with Crippen molar-refractivity contribution in [3.8, 4) is 6.07 Å². The molecule has 1 aliphatic rings. The Morgan fingerprint density at radius 2 is 1.75 bits per heavy atom. The van der Waals surface area contributed by atoms with E-state index in [2.05, 4.69) is 49.1 Å². The second-order valence-electron chi connectivity index (χ2n) is 7.14. The lowest BCUT2D eigenvalue weighted by atomic mass is 9.95. The van der Waals surface area contributed by atoms with Crippen LogP contribution in [-0.2, 0) is 11.2 Å². The molecule has 0 aromatic heterocycles. The molecule has 2 rings (SSSR count). The van der Waals surface area contributed by atoms with Gasteiger partial charge in [-0.2, -0.15) is 5.26 Å². The quantitative estimate of drug-likeness (QED) is 0.807. The maximum absolute atomic E-state index is 12.7. The second-order valence-corrected chi connectivity index (χ2v) is 7.14. The molecule has 1 saturated heterocycles. The summed E-state index contributed by atoms with van der Waals surface area (Å²) in [6.07, 6.45) is 1.64. The number of amides is 1. The first-order valence-corrected chi connectivity index (χ1v) is 8.98. The fourth-order valence-corrected chi connectivity index (χ4v) is 3.23. The van der Waals surface area contributed by atoms with E-state index in [0.29, 0.717) is 12.3 Å². The molecule has 1 atom stereocenters. The van der Waals surface area contributed by atoms with Crippen LogP contribution in [0.4, 0.5) is 0 Å². The minimum absolute atomic E-state index is 0.0937. The van der Waals surface area contributed by atoms with Crippen LogP contribution in [0.3, 0.4) is 0 Å². The van der Waals surface area contributed by atoms with E-state index in [9.17, 15) is 4.79 Å². The fraction of sp³-hybridized carbons (Fsp3) is 0.600. The monoisotopic (exact) mass is 327 g/mol. The number of hydrogen-bond donors (Lipinski definition) is 0. The number of nitriles is 1. The lowest BCUT2D eigenvalue weighted by Gasteiger charge is -2.35. The van der Waals surface area contributed by atoms with E-state index in [1.807, 2.05) is 11.8 Å². The Bertz CT molecular complexity index is 566. The Morgan fingerprint density at radius 1 is 1.12 bits per heavy atom. The molecule has 0 radical (unpaired) electrons. The summed E-state index contributed by atoms with van der Waals surface area (Å²) in [5.74, 6) is 0.766. The van der Waals surface area contributed by atoms with Gasteiger partial charge in [0.2, 0.25) is 5.91 Å². The van der Waals surface area contributed by atoms with Crippen molar-refractivity contribution in [2.45, 2.75) is 39.5 Å². The molecule has 1 aromatic carbocycles. The number of carbonyl (C=O) groups excluding carboxylic acids is 1. The lowest BCUT2D eigenvalue weighted by Crippen LogP contribution is -2.49. The van der Waals surface area contributed by atoms with Gasteiger partial charge in [0, 0.05) is 39.1 Å². The van der Waals surface area contributed by atoms with Crippen molar-refractivity contribution in [1.29, 1.82) is 5.26 Å². The SMILES string of the molecule is CC(C)Cc1ccc(C(C)C(=O)N2CCN(CCC#N)CC2)cc1. The van der Waals surface area contributed by atoms with E-state index in [1.165, 1.54) is 5.56 Å². The van der Waals surface area contributed by atoms with Crippen molar-refractivity contribution in [2.75, 3.05) is 32.7 Å². The summed E-state index contributed by atoms with van der Waals surface area (Å²) in [4.78, 5) is 17.0. The molecule has 0 spiro atoms. The van der Waals surface area contributed by atoms with Crippen molar-refractivity contribution in [3.05, 3.63) is 35.4 Å². The van der Waals surface area contributed by atoms with Crippen molar-refractivity contribution >= 4 is 5.91 Å². The van der Waals surface area contributed by atoms with E-state index in [1.54, 1.807) is 0 Å². The minimum Gasteiger partial charge on any atom is -0.340 e. The molecular weight excluding hydrogens is 298 g/mol. The molecule has 1 aromatic rings. The zero-order chi connectivity index (χ0) is 17.5. The molecule has 24 heavy (non-hydrogen) atoms. The molecule has 1 aliphatic heterocycles. The molecule has 1 fully saturated rings. The number of benzene rings is 1. The summed E-state index contributed by atoms with van der Waals surface area (Å²) in [7, 11) is 0. The van der Waals surface area contributed by atoms with Gasteiger partial charge in [-0.25, -0.2) is 0 Å². The summed E-state index contributed by atoms with van der Waals surface area (Å²) in [5, 5.41) is 8.66. The van der Waals surface area contributed by atoms with Crippen LogP contribution in [0, 0.1) is 17.2 Å². The van der Waals surface area contributed by atoms with Crippen LogP contribution in [0.15, 0.2) is 24.3 Å². The Labute approximate surface area is 146 Å². The third kappa shape index (κ3) is 5.07. The molecule has 1 unspecified atom stereocenters. The molecule has 0 bridgehead atoms. The fourth-order valence-electron chi connectivity index (χ4n) is 3.23. The third-order valence-electron chi connectivity index (χ3n) is 4.72. The molecule has 130 valence electrons. The molecule has 1 amide bonds. The Kier molecular flexibility index (Phi) is 6.81. The summed E-state index contributed by atoms with van der Waals surface area (Å²) >= 11 is 0. The van der Waals surface area contributed by atoms with Gasteiger partial charge in [0.05, 0.1) is 12.0 Å². The number of hydrogen-bond acceptors (Lipinski definition) is 3. The van der Waals surface area contributed by atoms with E-state index in [-0.39, 0.29) is 11.8 Å². The lowest BCUT2D eigenvalue weighted by molar-refractivity contribution is -0.134. The van der Waals surface area contributed by atoms with E-state index >= 15 is 0 Å². The molecule has 1 heterocycles. The molecule has 0 saturated carbocycles. The van der Waals surface area contributed by atoms with Crippen molar-refractivity contribution < 1.29 is 4.79 Å². The standard InChI is InChI=1S/C20H29N3O/c1-16(2)15-18-5-7-19(8-6-18)17(3)20(24)23-13-11-22(12-14-23)10-4-9-21/h5-8,16-17H,4,10-15H2,1-3H3. The van der Waals surface area contributed by atoms with Crippen LogP contribution in [0.5, 0.6) is 0 Å². The van der Waals surface area contributed by atoms with Gasteiger partial charge in [-0.15, -0.1) is 0 Å². The minimum atomic E-state index is -0.0937. The highest BCUT2D eigenvalue weighted by atomic mass is 16.2. The maximum Gasteiger partial charge on any atom is 0.229 e. The van der Waals surface area contributed by atoms with Crippen LogP contribution in [0.2, 0.25) is 0 Å².